The fourth-order valence-corrected chi connectivity index (χ4v) is 6.44. The number of rotatable bonds is 7. The normalized spacial score (nSPS) is 17.1. The zero-order valence-corrected chi connectivity index (χ0v) is 22.1. The summed E-state index contributed by atoms with van der Waals surface area (Å²) < 4.78 is 17.9. The molecule has 2 saturated carbocycles. The lowest BCUT2D eigenvalue weighted by Crippen LogP contribution is -2.13. The van der Waals surface area contributed by atoms with Crippen molar-refractivity contribution in [1.29, 1.82) is 0 Å². The van der Waals surface area contributed by atoms with E-state index in [0.29, 0.717) is 11.8 Å². The van der Waals surface area contributed by atoms with Crippen molar-refractivity contribution in [3.05, 3.63) is 65.7 Å². The highest BCUT2D eigenvalue weighted by Crippen LogP contribution is 2.51. The Kier molecular flexibility index (Phi) is 7.84. The summed E-state index contributed by atoms with van der Waals surface area (Å²) in [5.74, 6) is 3.53. The number of hydrogen-bond donors (Lipinski definition) is 0. The smallest absolute Gasteiger partial charge is 0.142 e. The quantitative estimate of drug-likeness (QED) is 0.336. The van der Waals surface area contributed by atoms with Gasteiger partial charge in [-0.2, -0.15) is 0 Å². The van der Waals surface area contributed by atoms with Crippen LogP contribution in [0.25, 0.3) is 22.3 Å². The van der Waals surface area contributed by atoms with Crippen molar-refractivity contribution in [2.24, 2.45) is 0 Å². The van der Waals surface area contributed by atoms with Crippen molar-refractivity contribution in [2.45, 2.75) is 76.0 Å². The Morgan fingerprint density at radius 2 is 1.25 bits per heavy atom. The molecule has 0 aromatic heterocycles. The largest absolute Gasteiger partial charge is 0.496 e. The van der Waals surface area contributed by atoms with Crippen LogP contribution in [0.1, 0.15) is 87.2 Å². The average Bonchev–Trinajstić information content (AvgIpc) is 2.97. The van der Waals surface area contributed by atoms with Crippen LogP contribution in [0.4, 0.5) is 0 Å². The number of benzene rings is 3. The molecule has 0 N–H and O–H groups in total. The molecule has 3 aromatic carbocycles. The first kappa shape index (κ1) is 24.7. The van der Waals surface area contributed by atoms with Gasteiger partial charge in [0.2, 0.25) is 0 Å². The molecule has 0 heterocycles. The van der Waals surface area contributed by atoms with E-state index in [4.69, 9.17) is 14.2 Å². The summed E-state index contributed by atoms with van der Waals surface area (Å²) in [7, 11) is 5.16. The van der Waals surface area contributed by atoms with Gasteiger partial charge in [-0.3, -0.25) is 0 Å². The zero-order valence-electron chi connectivity index (χ0n) is 22.1. The van der Waals surface area contributed by atoms with Crippen molar-refractivity contribution in [2.75, 3.05) is 21.3 Å². The molecule has 0 amide bonds. The highest BCUT2D eigenvalue weighted by molar-refractivity contribution is 5.90. The van der Waals surface area contributed by atoms with Crippen LogP contribution in [0, 0.1) is 6.07 Å². The Bertz CT molecular complexity index is 1160. The van der Waals surface area contributed by atoms with Crippen molar-refractivity contribution < 1.29 is 14.2 Å². The summed E-state index contributed by atoms with van der Waals surface area (Å²) >= 11 is 0. The maximum Gasteiger partial charge on any atom is 0.142 e. The Hall–Kier alpha value is -2.94. The van der Waals surface area contributed by atoms with E-state index in [1.165, 1.54) is 69.8 Å². The fourth-order valence-electron chi connectivity index (χ4n) is 6.44. The van der Waals surface area contributed by atoms with Crippen molar-refractivity contribution in [3.63, 3.8) is 0 Å². The molecule has 0 aliphatic heterocycles. The minimum atomic E-state index is 0.597. The second kappa shape index (κ2) is 11.4. The molecule has 0 unspecified atom stereocenters. The molecule has 2 fully saturated rings. The lowest BCUT2D eigenvalue weighted by Gasteiger charge is -2.30. The van der Waals surface area contributed by atoms with Gasteiger partial charge < -0.3 is 14.2 Å². The van der Waals surface area contributed by atoms with Gasteiger partial charge in [0.25, 0.3) is 0 Å². The van der Waals surface area contributed by atoms with Gasteiger partial charge in [0.15, 0.2) is 0 Å². The molecule has 0 spiro atoms. The molecule has 3 nitrogen and oxygen atoms in total. The van der Waals surface area contributed by atoms with Crippen LogP contribution in [-0.2, 0) is 0 Å². The summed E-state index contributed by atoms with van der Waals surface area (Å²) in [4.78, 5) is 0. The lowest BCUT2D eigenvalue weighted by atomic mass is 9.75. The van der Waals surface area contributed by atoms with Gasteiger partial charge in [0.05, 0.1) is 32.5 Å². The lowest BCUT2D eigenvalue weighted by molar-refractivity contribution is 0.380. The highest BCUT2D eigenvalue weighted by Gasteiger charge is 2.28. The van der Waals surface area contributed by atoms with Crippen molar-refractivity contribution >= 4 is 0 Å². The predicted octanol–water partition coefficient (Wildman–Crippen LogP) is 8.94. The molecule has 36 heavy (non-hydrogen) atoms. The van der Waals surface area contributed by atoms with Crippen molar-refractivity contribution in [3.8, 4) is 39.5 Å². The van der Waals surface area contributed by atoms with Crippen LogP contribution in [-0.4, -0.2) is 21.3 Å². The van der Waals surface area contributed by atoms with Crippen LogP contribution in [0.3, 0.4) is 0 Å². The van der Waals surface area contributed by atoms with Crippen LogP contribution in [0.2, 0.25) is 0 Å². The third-order valence-electron chi connectivity index (χ3n) is 8.25. The van der Waals surface area contributed by atoms with E-state index in [0.717, 1.165) is 39.5 Å². The van der Waals surface area contributed by atoms with Gasteiger partial charge in [0, 0.05) is 6.07 Å². The van der Waals surface area contributed by atoms with Crippen LogP contribution in [0.15, 0.2) is 48.5 Å². The molecule has 189 valence electrons. The Labute approximate surface area is 216 Å². The molecule has 5 rings (SSSR count). The van der Waals surface area contributed by atoms with Gasteiger partial charge in [-0.25, -0.2) is 0 Å². The van der Waals surface area contributed by atoms with Gasteiger partial charge in [0.1, 0.15) is 17.2 Å². The molecule has 0 saturated heterocycles. The van der Waals surface area contributed by atoms with E-state index in [1.54, 1.807) is 26.9 Å². The topological polar surface area (TPSA) is 27.7 Å². The summed E-state index contributed by atoms with van der Waals surface area (Å²) in [6.07, 6.45) is 13.2. The van der Waals surface area contributed by atoms with E-state index in [2.05, 4.69) is 30.3 Å². The number of hydrogen-bond acceptors (Lipinski definition) is 3. The van der Waals surface area contributed by atoms with E-state index < -0.39 is 0 Å². The maximum absolute atomic E-state index is 6.12. The first-order chi connectivity index (χ1) is 17.7. The summed E-state index contributed by atoms with van der Waals surface area (Å²) in [5, 5.41) is 0. The molecular weight excluding hydrogens is 444 g/mol. The van der Waals surface area contributed by atoms with Gasteiger partial charge in [-0.1, -0.05) is 81.0 Å². The third-order valence-corrected chi connectivity index (χ3v) is 8.25. The molecule has 1 radical (unpaired) electrons. The van der Waals surface area contributed by atoms with Gasteiger partial charge in [-0.15, -0.1) is 0 Å². The first-order valence-corrected chi connectivity index (χ1v) is 13.7. The Balaban J connectivity index is 1.70. The summed E-state index contributed by atoms with van der Waals surface area (Å²) in [6, 6.07) is 20.9. The monoisotopic (exact) mass is 483 g/mol. The van der Waals surface area contributed by atoms with E-state index >= 15 is 0 Å². The minimum absolute atomic E-state index is 0.597. The van der Waals surface area contributed by atoms with E-state index in [9.17, 15) is 0 Å². The molecule has 2 aliphatic rings. The van der Waals surface area contributed by atoms with Gasteiger partial charge >= 0.3 is 0 Å². The molecule has 2 aliphatic carbocycles. The van der Waals surface area contributed by atoms with Crippen LogP contribution in [0.5, 0.6) is 17.2 Å². The second-order valence-corrected chi connectivity index (χ2v) is 10.3. The van der Waals surface area contributed by atoms with E-state index in [-0.39, 0.29) is 0 Å². The number of methoxy groups -OCH3 is 3. The summed E-state index contributed by atoms with van der Waals surface area (Å²) in [6.45, 7) is 0. The predicted molar refractivity (Wildman–Crippen MR) is 147 cm³/mol. The van der Waals surface area contributed by atoms with E-state index in [1.807, 2.05) is 24.3 Å². The SMILES string of the molecule is COc1cc(OC)c(-c2ccccc2)c(OC)c1-c1[c]c(C2CCCCC2)c(C2CCCCC2)cc1. The van der Waals surface area contributed by atoms with Crippen LogP contribution >= 0.6 is 0 Å². The Morgan fingerprint density at radius 3 is 1.86 bits per heavy atom. The zero-order chi connectivity index (χ0) is 24.9. The Morgan fingerprint density at radius 1 is 0.639 bits per heavy atom. The third kappa shape index (κ3) is 4.85. The first-order valence-electron chi connectivity index (χ1n) is 13.7. The standard InChI is InChI=1S/C33H39O3/c1-34-29-22-30(35-2)32(33(36-3)31(29)25-17-11-6-12-18-25)26-19-20-27(23-13-7-4-8-14-23)28(21-26)24-15-9-5-10-16-24/h6,11-12,17-20,22-24H,4-5,7-10,13-16H2,1-3H3. The highest BCUT2D eigenvalue weighted by atomic mass is 16.5. The fraction of sp³-hybridized carbons (Fsp3) is 0.455. The molecule has 0 atom stereocenters. The molecule has 3 heteroatoms. The second-order valence-electron chi connectivity index (χ2n) is 10.3. The number of ether oxygens (including phenoxy) is 3. The average molecular weight is 484 g/mol. The molecule has 3 aromatic rings. The van der Waals surface area contributed by atoms with Crippen LogP contribution < -0.4 is 14.2 Å². The summed E-state index contributed by atoms with van der Waals surface area (Å²) in [5.41, 5.74) is 6.98. The molecular formula is C33H39O3. The maximum atomic E-state index is 6.12. The van der Waals surface area contributed by atoms with Gasteiger partial charge in [-0.05, 0) is 65.8 Å². The molecule has 0 bridgehead atoms. The minimum Gasteiger partial charge on any atom is -0.496 e. The van der Waals surface area contributed by atoms with Crippen molar-refractivity contribution in [1.82, 2.24) is 0 Å².